The molecule has 0 saturated carbocycles. The lowest BCUT2D eigenvalue weighted by molar-refractivity contribution is -0.262. The van der Waals surface area contributed by atoms with Gasteiger partial charge in [-0.15, -0.1) is 0 Å². The van der Waals surface area contributed by atoms with Gasteiger partial charge in [-0.05, 0) is 36.6 Å². The molecule has 1 aliphatic rings. The molecule has 2 aromatic carbocycles. The monoisotopic (exact) mass is 598 g/mol. The van der Waals surface area contributed by atoms with Crippen molar-refractivity contribution in [1.82, 2.24) is 9.88 Å². The summed E-state index contributed by atoms with van der Waals surface area (Å²) in [5, 5.41) is 20.9. The summed E-state index contributed by atoms with van der Waals surface area (Å²) < 4.78 is 42.0. The number of pyridine rings is 1. The lowest BCUT2D eigenvalue weighted by atomic mass is 9.91. The molecule has 11 heteroatoms. The van der Waals surface area contributed by atoms with E-state index in [9.17, 15) is 33.1 Å². The van der Waals surface area contributed by atoms with Crippen LogP contribution in [0.5, 0.6) is 0 Å². The number of aromatic nitrogens is 1. The number of anilines is 1. The van der Waals surface area contributed by atoms with Gasteiger partial charge in [-0.25, -0.2) is 4.98 Å². The molecule has 0 radical (unpaired) electrons. The van der Waals surface area contributed by atoms with Gasteiger partial charge in [-0.3, -0.25) is 9.59 Å². The fourth-order valence-corrected chi connectivity index (χ4v) is 5.40. The van der Waals surface area contributed by atoms with Crippen LogP contribution in [-0.2, 0) is 10.4 Å². The second-order valence-corrected chi connectivity index (χ2v) is 10.8. The van der Waals surface area contributed by atoms with Crippen molar-refractivity contribution >= 4 is 29.1 Å². The first-order chi connectivity index (χ1) is 19.8. The second-order valence-electron chi connectivity index (χ2n) is 10.4. The van der Waals surface area contributed by atoms with E-state index in [4.69, 9.17) is 11.6 Å². The van der Waals surface area contributed by atoms with Crippen LogP contribution in [0.2, 0.25) is 5.02 Å². The van der Waals surface area contributed by atoms with E-state index in [1.807, 2.05) is 19.9 Å². The first kappa shape index (κ1) is 31.0. The minimum absolute atomic E-state index is 0.0344. The summed E-state index contributed by atoms with van der Waals surface area (Å²) in [6.45, 7) is 5.57. The van der Waals surface area contributed by atoms with Crippen LogP contribution in [-0.4, -0.2) is 59.0 Å². The lowest BCUT2D eigenvalue weighted by Crippen LogP contribution is -2.59. The van der Waals surface area contributed by atoms with Crippen LogP contribution in [0, 0.1) is 24.2 Å². The highest BCUT2D eigenvalue weighted by Crippen LogP contribution is 2.41. The third kappa shape index (κ3) is 5.72. The van der Waals surface area contributed by atoms with Gasteiger partial charge in [0, 0.05) is 55.0 Å². The lowest BCUT2D eigenvalue weighted by Gasteiger charge is -2.40. The van der Waals surface area contributed by atoms with Crippen LogP contribution in [0.3, 0.4) is 0 Å². The molecule has 220 valence electrons. The molecule has 2 heterocycles. The van der Waals surface area contributed by atoms with Crippen molar-refractivity contribution in [3.63, 3.8) is 0 Å². The maximum absolute atomic E-state index is 14.0. The fourth-order valence-electron chi connectivity index (χ4n) is 5.04. The van der Waals surface area contributed by atoms with Gasteiger partial charge in [-0.1, -0.05) is 61.8 Å². The Morgan fingerprint density at radius 3 is 2.29 bits per heavy atom. The molecule has 7 nitrogen and oxygen atoms in total. The number of benzene rings is 2. The zero-order valence-corrected chi connectivity index (χ0v) is 24.1. The quantitative estimate of drug-likeness (QED) is 0.340. The Balaban J connectivity index is 1.55. The number of hydrogen-bond donors (Lipinski definition) is 1. The zero-order valence-electron chi connectivity index (χ0n) is 23.4. The predicted molar refractivity (Wildman–Crippen MR) is 153 cm³/mol. The number of Topliss-reactive ketones (excluding diaryl/α,β-unsaturated/α-hetero) is 1. The first-order valence-electron chi connectivity index (χ1n) is 13.5. The van der Waals surface area contributed by atoms with Crippen LogP contribution >= 0.6 is 11.6 Å². The van der Waals surface area contributed by atoms with Gasteiger partial charge in [0.1, 0.15) is 11.9 Å². The summed E-state index contributed by atoms with van der Waals surface area (Å²) in [4.78, 5) is 33.0. The number of nitriles is 1. The minimum atomic E-state index is -5.23. The van der Waals surface area contributed by atoms with E-state index in [2.05, 4.69) is 11.1 Å². The number of piperazine rings is 1. The Morgan fingerprint density at radius 1 is 1.10 bits per heavy atom. The van der Waals surface area contributed by atoms with Crippen molar-refractivity contribution in [3.8, 4) is 17.2 Å². The number of aryl methyl sites for hydroxylation is 1. The third-order valence-corrected chi connectivity index (χ3v) is 7.99. The molecule has 4 rings (SSSR count). The molecular weight excluding hydrogens is 569 g/mol. The number of nitrogens with zero attached hydrogens (tertiary/aromatic N) is 4. The Bertz CT molecular complexity index is 1510. The van der Waals surface area contributed by atoms with Crippen LogP contribution < -0.4 is 4.90 Å². The number of ketones is 1. The molecular formula is C31H30ClF3N4O3. The number of carbonyl (C=O) groups is 2. The molecule has 0 bridgehead atoms. The summed E-state index contributed by atoms with van der Waals surface area (Å²) in [5.41, 5.74) is -1.54. The molecule has 1 aliphatic heterocycles. The normalized spacial score (nSPS) is 16.0. The average molecular weight is 599 g/mol. The fraction of sp³-hybridized carbons (Fsp3) is 0.355. The predicted octanol–water partition coefficient (Wildman–Crippen LogP) is 5.91. The second kappa shape index (κ2) is 12.1. The van der Waals surface area contributed by atoms with Crippen molar-refractivity contribution in [3.05, 3.63) is 82.0 Å². The standard InChI is InChI=1S/C31H30ClF3N4O3/c1-4-19(2)27(40)26-20(3)14-21(16-25(26)32)23-15-22(17-36)28(37-18-23)38-10-12-39(13-11-38)29(41)30(42,31(33,34)35)24-8-6-5-7-9-24/h5-9,14-16,18-19,42H,4,10-13H2,1-3H3/t19?,30-/m1/s1. The van der Waals surface area contributed by atoms with Crippen LogP contribution in [0.1, 0.15) is 47.3 Å². The minimum Gasteiger partial charge on any atom is -0.369 e. The topological polar surface area (TPSA) is 97.5 Å². The molecule has 1 unspecified atom stereocenters. The number of aliphatic hydroxyl groups is 1. The Labute approximate surface area is 247 Å². The molecule has 2 atom stereocenters. The van der Waals surface area contributed by atoms with Gasteiger partial charge in [0.2, 0.25) is 0 Å². The molecule has 42 heavy (non-hydrogen) atoms. The van der Waals surface area contributed by atoms with E-state index in [0.29, 0.717) is 39.5 Å². The molecule has 1 aromatic heterocycles. The number of amides is 1. The smallest absolute Gasteiger partial charge is 0.369 e. The summed E-state index contributed by atoms with van der Waals surface area (Å²) in [7, 11) is 0. The number of alkyl halides is 3. The van der Waals surface area contributed by atoms with E-state index in [1.165, 1.54) is 18.2 Å². The third-order valence-electron chi connectivity index (χ3n) is 7.69. The highest BCUT2D eigenvalue weighted by Gasteiger charge is 2.62. The molecule has 0 aliphatic carbocycles. The van der Waals surface area contributed by atoms with E-state index < -0.39 is 23.2 Å². The highest BCUT2D eigenvalue weighted by atomic mass is 35.5. The average Bonchev–Trinajstić information content (AvgIpc) is 2.99. The molecule has 3 aromatic rings. The summed E-state index contributed by atoms with van der Waals surface area (Å²) in [5.74, 6) is -1.33. The van der Waals surface area contributed by atoms with Crippen LogP contribution in [0.15, 0.2) is 54.7 Å². The molecule has 1 saturated heterocycles. The van der Waals surface area contributed by atoms with Crippen molar-refractivity contribution < 1.29 is 27.9 Å². The van der Waals surface area contributed by atoms with Gasteiger partial charge in [0.25, 0.3) is 11.5 Å². The van der Waals surface area contributed by atoms with E-state index >= 15 is 0 Å². The zero-order chi connectivity index (χ0) is 30.8. The Morgan fingerprint density at radius 2 is 1.74 bits per heavy atom. The van der Waals surface area contributed by atoms with Crippen LogP contribution in [0.25, 0.3) is 11.1 Å². The number of halogens is 4. The van der Waals surface area contributed by atoms with Crippen molar-refractivity contribution in [2.45, 2.75) is 39.0 Å². The SMILES string of the molecule is CCC(C)C(=O)c1c(C)cc(-c2cnc(N3CCN(C(=O)[C@](O)(c4ccccc4)C(F)(F)F)CC3)c(C#N)c2)cc1Cl. The first-order valence-corrected chi connectivity index (χ1v) is 13.8. The number of carbonyl (C=O) groups excluding carboxylic acids is 2. The van der Waals surface area contributed by atoms with E-state index in [-0.39, 0.29) is 43.4 Å². The Kier molecular flexibility index (Phi) is 8.95. The maximum Gasteiger partial charge on any atom is 0.430 e. The van der Waals surface area contributed by atoms with Gasteiger partial charge < -0.3 is 14.9 Å². The number of rotatable bonds is 7. The van der Waals surface area contributed by atoms with Gasteiger partial charge in [-0.2, -0.15) is 18.4 Å². The molecule has 0 spiro atoms. The van der Waals surface area contributed by atoms with Crippen LogP contribution in [0.4, 0.5) is 19.0 Å². The summed E-state index contributed by atoms with van der Waals surface area (Å²) in [6, 6.07) is 13.5. The van der Waals surface area contributed by atoms with Gasteiger partial charge >= 0.3 is 6.18 Å². The highest BCUT2D eigenvalue weighted by molar-refractivity contribution is 6.34. The van der Waals surface area contributed by atoms with Gasteiger partial charge in [0.05, 0.1) is 10.6 Å². The molecule has 1 N–H and O–H groups in total. The Hall–Kier alpha value is -3.94. The number of hydrogen-bond acceptors (Lipinski definition) is 6. The summed E-state index contributed by atoms with van der Waals surface area (Å²) in [6.07, 6.45) is -2.98. The molecule has 1 fully saturated rings. The largest absolute Gasteiger partial charge is 0.430 e. The van der Waals surface area contributed by atoms with Crippen molar-refractivity contribution in [1.29, 1.82) is 5.26 Å². The van der Waals surface area contributed by atoms with Gasteiger partial charge in [0.15, 0.2) is 5.78 Å². The van der Waals surface area contributed by atoms with E-state index in [1.54, 1.807) is 30.2 Å². The van der Waals surface area contributed by atoms with E-state index in [0.717, 1.165) is 17.0 Å². The van der Waals surface area contributed by atoms with Crippen molar-refractivity contribution in [2.24, 2.45) is 5.92 Å². The van der Waals surface area contributed by atoms with Crippen molar-refractivity contribution in [2.75, 3.05) is 31.1 Å². The summed E-state index contributed by atoms with van der Waals surface area (Å²) >= 11 is 6.51. The maximum atomic E-state index is 14.0. The molecule has 1 amide bonds.